The summed E-state index contributed by atoms with van der Waals surface area (Å²) in [7, 11) is 0. The van der Waals surface area contributed by atoms with Crippen molar-refractivity contribution in [2.75, 3.05) is 13.2 Å². The minimum absolute atomic E-state index is 0.133. The van der Waals surface area contributed by atoms with E-state index < -0.39 is 6.16 Å². The highest BCUT2D eigenvalue weighted by Crippen LogP contribution is 2.12. The molecule has 4 N–H and O–H groups in total. The number of benzene rings is 1. The monoisotopic (exact) mass is 324 g/mol. The molecule has 1 aliphatic rings. The summed E-state index contributed by atoms with van der Waals surface area (Å²) < 4.78 is 4.38. The van der Waals surface area contributed by atoms with Crippen LogP contribution in [0, 0.1) is 0 Å². The number of carbonyl (C=O) groups is 4. The first-order valence-corrected chi connectivity index (χ1v) is 6.65. The zero-order chi connectivity index (χ0) is 17.2. The van der Waals surface area contributed by atoms with E-state index in [1.165, 1.54) is 24.3 Å². The van der Waals surface area contributed by atoms with Crippen molar-refractivity contribution in [2.24, 2.45) is 0 Å². The molecule has 1 heterocycles. The molecule has 9 heteroatoms. The van der Waals surface area contributed by atoms with Crippen molar-refractivity contribution in [1.29, 1.82) is 0 Å². The van der Waals surface area contributed by atoms with Crippen LogP contribution in [0.4, 0.5) is 4.79 Å². The van der Waals surface area contributed by atoms with E-state index in [2.05, 4.69) is 15.4 Å². The molecule has 0 aliphatic carbocycles. The highest BCUT2D eigenvalue weighted by molar-refractivity contribution is 6.01. The Balaban J connectivity index is 0.000000313. The maximum Gasteiger partial charge on any atom is 0.511 e. The lowest BCUT2D eigenvalue weighted by molar-refractivity contribution is -0.124. The first-order chi connectivity index (χ1) is 10.9. The molecule has 1 saturated heterocycles. The van der Waals surface area contributed by atoms with Crippen molar-refractivity contribution >= 4 is 23.9 Å². The number of nitrogens with one attached hydrogen (secondary N) is 2. The van der Waals surface area contributed by atoms with Crippen molar-refractivity contribution in [3.8, 4) is 5.75 Å². The van der Waals surface area contributed by atoms with Crippen LogP contribution in [0.25, 0.3) is 0 Å². The molecule has 1 aromatic carbocycles. The van der Waals surface area contributed by atoms with E-state index in [1.807, 2.05) is 0 Å². The van der Waals surface area contributed by atoms with Gasteiger partial charge in [0.1, 0.15) is 5.75 Å². The Kier molecular flexibility index (Phi) is 7.21. The average Bonchev–Trinajstić information content (AvgIpc) is 2.89. The Bertz CT molecular complexity index is 569. The molecule has 0 spiro atoms. The summed E-state index contributed by atoms with van der Waals surface area (Å²) in [4.78, 5) is 41.8. The Morgan fingerprint density at radius 2 is 1.70 bits per heavy atom. The second-order valence-electron chi connectivity index (χ2n) is 4.34. The van der Waals surface area contributed by atoms with Gasteiger partial charge in [0.2, 0.25) is 11.8 Å². The molecule has 9 nitrogen and oxygen atoms in total. The quantitative estimate of drug-likeness (QED) is 0.344. The molecule has 0 bridgehead atoms. The molecule has 1 aliphatic heterocycles. The van der Waals surface area contributed by atoms with Crippen LogP contribution in [0.15, 0.2) is 24.3 Å². The van der Waals surface area contributed by atoms with Crippen LogP contribution >= 0.6 is 0 Å². The van der Waals surface area contributed by atoms with Gasteiger partial charge in [-0.25, -0.2) is 4.79 Å². The van der Waals surface area contributed by atoms with Crippen molar-refractivity contribution in [1.82, 2.24) is 10.6 Å². The van der Waals surface area contributed by atoms with E-state index in [-0.39, 0.29) is 36.6 Å². The highest BCUT2D eigenvalue weighted by atomic mass is 16.7. The fourth-order valence-corrected chi connectivity index (χ4v) is 1.55. The third-order valence-corrected chi connectivity index (χ3v) is 2.58. The number of carbonyl (C=O) groups excluding carboxylic acids is 3. The van der Waals surface area contributed by atoms with Gasteiger partial charge in [0.05, 0.1) is 6.61 Å². The first-order valence-electron chi connectivity index (χ1n) is 6.65. The van der Waals surface area contributed by atoms with Crippen LogP contribution in [0.2, 0.25) is 0 Å². The third kappa shape index (κ3) is 7.05. The minimum atomic E-state index is -1.41. The number of hydrogen-bond acceptors (Lipinski definition) is 6. The summed E-state index contributed by atoms with van der Waals surface area (Å²) in [5.41, 5.74) is 0.367. The van der Waals surface area contributed by atoms with Crippen molar-refractivity contribution in [3.05, 3.63) is 29.8 Å². The molecule has 124 valence electrons. The van der Waals surface area contributed by atoms with E-state index in [9.17, 15) is 19.2 Å². The summed E-state index contributed by atoms with van der Waals surface area (Å²) in [6, 6.07) is 5.62. The van der Waals surface area contributed by atoms with Gasteiger partial charge in [0.15, 0.2) is 0 Å². The fraction of sp³-hybridized carbons (Fsp3) is 0.286. The van der Waals surface area contributed by atoms with Crippen LogP contribution in [-0.4, -0.2) is 47.2 Å². The Labute approximate surface area is 131 Å². The predicted molar refractivity (Wildman–Crippen MR) is 76.9 cm³/mol. The maximum atomic E-state index is 11.4. The topological polar surface area (TPSA) is 142 Å². The van der Waals surface area contributed by atoms with Crippen molar-refractivity contribution in [3.63, 3.8) is 0 Å². The van der Waals surface area contributed by atoms with Gasteiger partial charge in [-0.15, -0.1) is 0 Å². The molecule has 1 aromatic rings. The molecule has 23 heavy (non-hydrogen) atoms. The van der Waals surface area contributed by atoms with Gasteiger partial charge in [-0.3, -0.25) is 19.7 Å². The lowest BCUT2D eigenvalue weighted by Gasteiger charge is -2.04. The lowest BCUT2D eigenvalue weighted by atomic mass is 10.2. The molecule has 0 saturated carbocycles. The first kappa shape index (κ1) is 18.1. The number of imide groups is 1. The Hall–Kier alpha value is -2.94. The number of carboxylic acid groups (broad SMARTS) is 1. The fourth-order valence-electron chi connectivity index (χ4n) is 1.55. The molecule has 0 radical (unpaired) electrons. The molecule has 0 atom stereocenters. The summed E-state index contributed by atoms with van der Waals surface area (Å²) in [6.45, 7) is 0.0398. The van der Waals surface area contributed by atoms with Crippen molar-refractivity contribution in [2.45, 2.75) is 12.8 Å². The Morgan fingerprint density at radius 3 is 2.09 bits per heavy atom. The van der Waals surface area contributed by atoms with Crippen LogP contribution < -0.4 is 15.4 Å². The molecular formula is C14H16N2O7. The molecular weight excluding hydrogens is 308 g/mol. The molecule has 0 unspecified atom stereocenters. The van der Waals surface area contributed by atoms with Gasteiger partial charge in [-0.05, 0) is 24.3 Å². The molecule has 2 rings (SSSR count). The molecule has 1 fully saturated rings. The number of aliphatic hydroxyl groups is 1. The van der Waals surface area contributed by atoms with Gasteiger partial charge in [0.25, 0.3) is 5.91 Å². The van der Waals surface area contributed by atoms with E-state index >= 15 is 0 Å². The van der Waals surface area contributed by atoms with Gasteiger partial charge in [-0.1, -0.05) is 0 Å². The number of rotatable bonds is 4. The molecule has 3 amide bonds. The van der Waals surface area contributed by atoms with Gasteiger partial charge < -0.3 is 20.3 Å². The average molecular weight is 324 g/mol. The zero-order valence-corrected chi connectivity index (χ0v) is 12.1. The minimum Gasteiger partial charge on any atom is -0.449 e. The second kappa shape index (κ2) is 9.15. The summed E-state index contributed by atoms with van der Waals surface area (Å²) in [5, 5.41) is 21.4. The number of amides is 3. The van der Waals surface area contributed by atoms with E-state index in [0.717, 1.165) is 0 Å². The SMILES string of the molecule is O=C(O)Oc1ccc(C(=O)NCCO)cc1.O=C1CCC(=O)N1. The van der Waals surface area contributed by atoms with Crippen LogP contribution in [0.5, 0.6) is 5.75 Å². The van der Waals surface area contributed by atoms with E-state index in [4.69, 9.17) is 10.2 Å². The zero-order valence-electron chi connectivity index (χ0n) is 12.1. The summed E-state index contributed by atoms with van der Waals surface area (Å²) >= 11 is 0. The van der Waals surface area contributed by atoms with Gasteiger partial charge in [-0.2, -0.15) is 0 Å². The normalized spacial score (nSPS) is 12.7. The summed E-state index contributed by atoms with van der Waals surface area (Å²) in [5.74, 6) is -0.489. The van der Waals surface area contributed by atoms with E-state index in [0.29, 0.717) is 18.4 Å². The van der Waals surface area contributed by atoms with Crippen LogP contribution in [0.3, 0.4) is 0 Å². The molecule has 0 aromatic heterocycles. The Morgan fingerprint density at radius 1 is 1.13 bits per heavy atom. The summed E-state index contributed by atoms with van der Waals surface area (Å²) in [6.07, 6.45) is -0.657. The largest absolute Gasteiger partial charge is 0.511 e. The van der Waals surface area contributed by atoms with E-state index in [1.54, 1.807) is 0 Å². The van der Waals surface area contributed by atoms with Crippen molar-refractivity contribution < 1.29 is 34.1 Å². The number of ether oxygens (including phenoxy) is 1. The van der Waals surface area contributed by atoms with Crippen LogP contribution in [0.1, 0.15) is 23.2 Å². The predicted octanol–water partition coefficient (Wildman–Crippen LogP) is -0.112. The smallest absolute Gasteiger partial charge is 0.449 e. The van der Waals surface area contributed by atoms with Crippen LogP contribution in [-0.2, 0) is 9.59 Å². The third-order valence-electron chi connectivity index (χ3n) is 2.58. The lowest BCUT2D eigenvalue weighted by Crippen LogP contribution is -2.26. The maximum absolute atomic E-state index is 11.4. The van der Waals surface area contributed by atoms with Gasteiger partial charge >= 0.3 is 6.16 Å². The number of hydrogen-bond donors (Lipinski definition) is 4. The highest BCUT2D eigenvalue weighted by Gasteiger charge is 2.15. The van der Waals surface area contributed by atoms with Gasteiger partial charge in [0, 0.05) is 24.9 Å². The number of aliphatic hydroxyl groups excluding tert-OH is 1. The standard InChI is InChI=1S/C10H11NO5.C4H5NO2/c12-6-5-11-9(13)7-1-3-8(4-2-7)16-10(14)15;6-3-1-2-4(7)5-3/h1-4,12H,5-6H2,(H,11,13)(H,14,15);1-2H2,(H,5,6,7). The second-order valence-corrected chi connectivity index (χ2v) is 4.34.